The molecular formula is C13H21ClN4. The number of rotatable bonds is 3. The van der Waals surface area contributed by atoms with Gasteiger partial charge in [0.2, 0.25) is 5.95 Å². The molecule has 2 N–H and O–H groups in total. The smallest absolute Gasteiger partial charge is 0.224 e. The van der Waals surface area contributed by atoms with Crippen LogP contribution in [0.2, 0.25) is 5.02 Å². The first-order valence-electron chi connectivity index (χ1n) is 6.57. The lowest BCUT2D eigenvalue weighted by Crippen LogP contribution is -2.30. The van der Waals surface area contributed by atoms with Crippen LogP contribution in [0.5, 0.6) is 0 Å². The van der Waals surface area contributed by atoms with Crippen LogP contribution in [0.1, 0.15) is 33.1 Å². The predicted octanol–water partition coefficient (Wildman–Crippen LogP) is 3.41. The van der Waals surface area contributed by atoms with E-state index in [9.17, 15) is 0 Å². The summed E-state index contributed by atoms with van der Waals surface area (Å²) in [5, 5.41) is 6.96. The van der Waals surface area contributed by atoms with E-state index in [1.807, 2.05) is 0 Å². The fourth-order valence-electron chi connectivity index (χ4n) is 2.46. The summed E-state index contributed by atoms with van der Waals surface area (Å²) in [4.78, 5) is 8.45. The Morgan fingerprint density at radius 1 is 1.28 bits per heavy atom. The highest BCUT2D eigenvalue weighted by atomic mass is 35.5. The minimum Gasteiger partial charge on any atom is -0.366 e. The van der Waals surface area contributed by atoms with Gasteiger partial charge in [-0.2, -0.15) is 4.98 Å². The molecule has 1 aliphatic rings. The summed E-state index contributed by atoms with van der Waals surface area (Å²) in [6, 6.07) is 0.466. The van der Waals surface area contributed by atoms with Crippen LogP contribution in [0.4, 0.5) is 11.8 Å². The molecule has 5 heteroatoms. The number of nitrogens with one attached hydrogen (secondary N) is 2. The first-order chi connectivity index (χ1) is 8.60. The lowest BCUT2D eigenvalue weighted by Gasteiger charge is -2.32. The Kier molecular flexibility index (Phi) is 4.27. The maximum absolute atomic E-state index is 6.12. The van der Waals surface area contributed by atoms with E-state index in [-0.39, 0.29) is 0 Å². The average Bonchev–Trinajstić information content (AvgIpc) is 2.36. The monoisotopic (exact) mass is 268 g/mol. The van der Waals surface area contributed by atoms with Crippen molar-refractivity contribution < 1.29 is 0 Å². The second-order valence-electron chi connectivity index (χ2n) is 5.25. The van der Waals surface area contributed by atoms with Crippen LogP contribution in [0, 0.1) is 11.8 Å². The molecule has 4 nitrogen and oxygen atoms in total. The van der Waals surface area contributed by atoms with Gasteiger partial charge in [-0.15, -0.1) is 0 Å². The van der Waals surface area contributed by atoms with E-state index in [2.05, 4.69) is 34.4 Å². The molecule has 1 fully saturated rings. The van der Waals surface area contributed by atoms with E-state index in [0.29, 0.717) is 17.0 Å². The average molecular weight is 269 g/mol. The third-order valence-electron chi connectivity index (χ3n) is 3.91. The largest absolute Gasteiger partial charge is 0.366 e. The van der Waals surface area contributed by atoms with E-state index >= 15 is 0 Å². The highest BCUT2D eigenvalue weighted by Crippen LogP contribution is 2.32. The molecule has 0 bridgehead atoms. The molecule has 0 aliphatic heterocycles. The van der Waals surface area contributed by atoms with Gasteiger partial charge >= 0.3 is 0 Å². The first-order valence-corrected chi connectivity index (χ1v) is 6.94. The summed E-state index contributed by atoms with van der Waals surface area (Å²) in [5.41, 5.74) is 0. The Balaban J connectivity index is 2.05. The van der Waals surface area contributed by atoms with Crippen molar-refractivity contribution in [3.63, 3.8) is 0 Å². The van der Waals surface area contributed by atoms with Crippen LogP contribution in [-0.4, -0.2) is 23.1 Å². The molecule has 0 spiro atoms. The maximum atomic E-state index is 6.12. The molecule has 0 saturated heterocycles. The van der Waals surface area contributed by atoms with Crippen LogP contribution in [0.25, 0.3) is 0 Å². The Labute approximate surface area is 114 Å². The van der Waals surface area contributed by atoms with Crippen LogP contribution < -0.4 is 10.6 Å². The van der Waals surface area contributed by atoms with Crippen molar-refractivity contribution in [2.24, 2.45) is 11.8 Å². The lowest BCUT2D eigenvalue weighted by atomic mass is 9.79. The zero-order chi connectivity index (χ0) is 13.1. The molecule has 0 amide bonds. The van der Waals surface area contributed by atoms with Crippen molar-refractivity contribution in [1.82, 2.24) is 9.97 Å². The summed E-state index contributed by atoms with van der Waals surface area (Å²) < 4.78 is 0. The topological polar surface area (TPSA) is 49.8 Å². The van der Waals surface area contributed by atoms with E-state index < -0.39 is 0 Å². The molecule has 1 aliphatic carbocycles. The summed E-state index contributed by atoms with van der Waals surface area (Å²) in [7, 11) is 1.80. The minimum atomic E-state index is 0.466. The highest BCUT2D eigenvalue weighted by molar-refractivity contribution is 6.32. The Bertz CT molecular complexity index is 410. The number of anilines is 2. The Morgan fingerprint density at radius 2 is 2.06 bits per heavy atom. The summed E-state index contributed by atoms with van der Waals surface area (Å²) in [5.74, 6) is 2.90. The van der Waals surface area contributed by atoms with Crippen molar-refractivity contribution in [2.75, 3.05) is 17.7 Å². The van der Waals surface area contributed by atoms with Gasteiger partial charge in [-0.25, -0.2) is 4.98 Å². The van der Waals surface area contributed by atoms with E-state index in [4.69, 9.17) is 11.6 Å². The molecular weight excluding hydrogens is 248 g/mol. The lowest BCUT2D eigenvalue weighted by molar-refractivity contribution is 0.260. The van der Waals surface area contributed by atoms with Crippen LogP contribution in [-0.2, 0) is 0 Å². The fourth-order valence-corrected chi connectivity index (χ4v) is 2.61. The van der Waals surface area contributed by atoms with Gasteiger partial charge < -0.3 is 10.6 Å². The van der Waals surface area contributed by atoms with Gasteiger partial charge in [0, 0.05) is 13.1 Å². The van der Waals surface area contributed by atoms with E-state index in [1.54, 1.807) is 13.2 Å². The number of nitrogens with zero attached hydrogens (tertiary/aromatic N) is 2. The summed E-state index contributed by atoms with van der Waals surface area (Å²) in [6.07, 6.45) is 5.26. The molecule has 3 atom stereocenters. The third kappa shape index (κ3) is 3.05. The van der Waals surface area contributed by atoms with Crippen LogP contribution in [0.3, 0.4) is 0 Å². The molecule has 3 unspecified atom stereocenters. The number of halogens is 1. The number of hydrogen-bond acceptors (Lipinski definition) is 4. The van der Waals surface area contributed by atoms with Crippen molar-refractivity contribution in [1.29, 1.82) is 0 Å². The maximum Gasteiger partial charge on any atom is 0.224 e. The molecule has 1 aromatic heterocycles. The highest BCUT2D eigenvalue weighted by Gasteiger charge is 2.25. The minimum absolute atomic E-state index is 0.466. The number of hydrogen-bond donors (Lipinski definition) is 2. The Hall–Kier alpha value is -1.03. The van der Waals surface area contributed by atoms with Gasteiger partial charge in [0.05, 0.1) is 6.20 Å². The van der Waals surface area contributed by atoms with Crippen molar-refractivity contribution in [3.8, 4) is 0 Å². The second-order valence-corrected chi connectivity index (χ2v) is 5.66. The van der Waals surface area contributed by atoms with Gasteiger partial charge in [-0.3, -0.25) is 0 Å². The predicted molar refractivity (Wildman–Crippen MR) is 76.2 cm³/mol. The normalized spacial score (nSPS) is 27.9. The van der Waals surface area contributed by atoms with Crippen molar-refractivity contribution in [3.05, 3.63) is 11.2 Å². The third-order valence-corrected chi connectivity index (χ3v) is 4.18. The SMILES string of the molecule is CNc1ncc(Cl)c(NC2CCC(C)C(C)C2)n1. The van der Waals surface area contributed by atoms with Crippen molar-refractivity contribution in [2.45, 2.75) is 39.2 Å². The second kappa shape index (κ2) is 5.74. The van der Waals surface area contributed by atoms with E-state index in [1.165, 1.54) is 19.3 Å². The molecule has 1 heterocycles. The summed E-state index contributed by atoms with van der Waals surface area (Å²) in [6.45, 7) is 4.65. The molecule has 0 radical (unpaired) electrons. The van der Waals surface area contributed by atoms with Gasteiger partial charge in [-0.1, -0.05) is 25.4 Å². The fraction of sp³-hybridized carbons (Fsp3) is 0.692. The van der Waals surface area contributed by atoms with Crippen molar-refractivity contribution >= 4 is 23.4 Å². The van der Waals surface area contributed by atoms with Gasteiger partial charge in [0.25, 0.3) is 0 Å². The van der Waals surface area contributed by atoms with Crippen LogP contribution in [0.15, 0.2) is 6.20 Å². The van der Waals surface area contributed by atoms with Gasteiger partial charge in [0.15, 0.2) is 5.82 Å². The molecule has 100 valence electrons. The summed E-state index contributed by atoms with van der Waals surface area (Å²) >= 11 is 6.12. The molecule has 1 saturated carbocycles. The Morgan fingerprint density at radius 3 is 2.72 bits per heavy atom. The van der Waals surface area contributed by atoms with Gasteiger partial charge in [-0.05, 0) is 31.1 Å². The van der Waals surface area contributed by atoms with Gasteiger partial charge in [0.1, 0.15) is 5.02 Å². The van der Waals surface area contributed by atoms with E-state index in [0.717, 1.165) is 17.7 Å². The molecule has 2 rings (SSSR count). The number of aromatic nitrogens is 2. The molecule has 18 heavy (non-hydrogen) atoms. The quantitative estimate of drug-likeness (QED) is 0.882. The zero-order valence-corrected chi connectivity index (χ0v) is 12.0. The molecule has 0 aromatic carbocycles. The zero-order valence-electron chi connectivity index (χ0n) is 11.2. The van der Waals surface area contributed by atoms with Crippen LogP contribution >= 0.6 is 11.6 Å². The molecule has 1 aromatic rings. The standard InChI is InChI=1S/C13H21ClN4/c1-8-4-5-10(6-9(8)2)17-12-11(14)7-16-13(15-3)18-12/h7-10H,4-6H2,1-3H3,(H2,15,16,17,18). The first kappa shape index (κ1) is 13.4.